The van der Waals surface area contributed by atoms with Crippen LogP contribution in [0.3, 0.4) is 0 Å². The highest BCUT2D eigenvalue weighted by Gasteiger charge is 2.05. The van der Waals surface area contributed by atoms with Crippen LogP contribution in [0.15, 0.2) is 12.4 Å². The average Bonchev–Trinajstić information content (AvgIpc) is 2.27. The highest BCUT2D eigenvalue weighted by Crippen LogP contribution is 1.95. The van der Waals surface area contributed by atoms with Gasteiger partial charge in [-0.05, 0) is 14.1 Å². The number of hydrogen-bond donors (Lipinski definition) is 0. The molecule has 1 aliphatic heterocycles. The van der Waals surface area contributed by atoms with Gasteiger partial charge in [0.15, 0.2) is 0 Å². The molecule has 1 heterocycles. The molecule has 0 aromatic carbocycles. The SMILES string of the molecule is CN1/C=C\N(C)CCN(C)CCN(C)CC1. The molecule has 1 aliphatic rings. The van der Waals surface area contributed by atoms with Gasteiger partial charge >= 0.3 is 0 Å². The summed E-state index contributed by atoms with van der Waals surface area (Å²) in [6.07, 6.45) is 4.32. The maximum absolute atomic E-state index is 2.40. The van der Waals surface area contributed by atoms with Crippen LogP contribution in [0.1, 0.15) is 0 Å². The summed E-state index contributed by atoms with van der Waals surface area (Å²) in [6, 6.07) is 0. The highest BCUT2D eigenvalue weighted by molar-refractivity contribution is 4.81. The van der Waals surface area contributed by atoms with Crippen molar-refractivity contribution < 1.29 is 0 Å². The second kappa shape index (κ2) is 6.76. The number of nitrogens with zero attached hydrogens (tertiary/aromatic N) is 4. The lowest BCUT2D eigenvalue weighted by molar-refractivity contribution is 0.226. The molecule has 0 aliphatic carbocycles. The van der Waals surface area contributed by atoms with Gasteiger partial charge in [0.25, 0.3) is 0 Å². The van der Waals surface area contributed by atoms with E-state index < -0.39 is 0 Å². The molecule has 0 unspecified atom stereocenters. The second-order valence-corrected chi connectivity index (χ2v) is 4.87. The van der Waals surface area contributed by atoms with Gasteiger partial charge in [0.2, 0.25) is 0 Å². The zero-order valence-corrected chi connectivity index (χ0v) is 11.2. The second-order valence-electron chi connectivity index (χ2n) is 4.87. The van der Waals surface area contributed by atoms with Crippen LogP contribution >= 0.6 is 0 Å². The molecule has 0 radical (unpaired) electrons. The molecule has 94 valence electrons. The van der Waals surface area contributed by atoms with Crippen molar-refractivity contribution in [2.24, 2.45) is 0 Å². The van der Waals surface area contributed by atoms with Gasteiger partial charge in [-0.25, -0.2) is 0 Å². The molecule has 0 atom stereocenters. The minimum atomic E-state index is 1.09. The van der Waals surface area contributed by atoms with Crippen molar-refractivity contribution in [3.63, 3.8) is 0 Å². The molecule has 0 spiro atoms. The third-order valence-corrected chi connectivity index (χ3v) is 3.11. The Kier molecular flexibility index (Phi) is 5.63. The standard InChI is InChI=1S/C12H26N4/c1-13-5-7-14(2)9-11-16(4)12-10-15(3)8-6-13/h5,7H,6,8-12H2,1-4H3/b7-5-. The topological polar surface area (TPSA) is 13.0 Å². The Labute approximate surface area is 100 Å². The Hall–Kier alpha value is -0.740. The fourth-order valence-electron chi connectivity index (χ4n) is 1.60. The minimum Gasteiger partial charge on any atom is -0.378 e. The maximum Gasteiger partial charge on any atom is 0.0297 e. The average molecular weight is 226 g/mol. The van der Waals surface area contributed by atoms with Crippen molar-refractivity contribution in [1.82, 2.24) is 19.6 Å². The predicted molar refractivity (Wildman–Crippen MR) is 69.4 cm³/mol. The van der Waals surface area contributed by atoms with Gasteiger partial charge in [-0.3, -0.25) is 0 Å². The third-order valence-electron chi connectivity index (χ3n) is 3.11. The van der Waals surface area contributed by atoms with Crippen molar-refractivity contribution in [2.45, 2.75) is 0 Å². The molecule has 0 aromatic heterocycles. The van der Waals surface area contributed by atoms with Gasteiger partial charge in [-0.1, -0.05) is 0 Å². The van der Waals surface area contributed by atoms with Crippen molar-refractivity contribution in [2.75, 3.05) is 67.5 Å². The third kappa shape index (κ3) is 5.37. The Morgan fingerprint density at radius 1 is 0.562 bits per heavy atom. The van der Waals surface area contributed by atoms with Crippen LogP contribution in [0.25, 0.3) is 0 Å². The molecule has 0 amide bonds. The summed E-state index contributed by atoms with van der Waals surface area (Å²) in [6.45, 7) is 6.72. The van der Waals surface area contributed by atoms with E-state index in [0.29, 0.717) is 0 Å². The summed E-state index contributed by atoms with van der Waals surface area (Å²) in [5, 5.41) is 0. The van der Waals surface area contributed by atoms with Crippen LogP contribution < -0.4 is 0 Å². The van der Waals surface area contributed by atoms with E-state index in [1.807, 2.05) is 0 Å². The molecule has 0 fully saturated rings. The van der Waals surface area contributed by atoms with E-state index in [4.69, 9.17) is 0 Å². The summed E-state index contributed by atoms with van der Waals surface area (Å²) in [5.74, 6) is 0. The molecule has 4 heteroatoms. The van der Waals surface area contributed by atoms with E-state index in [2.05, 4.69) is 60.2 Å². The summed E-state index contributed by atoms with van der Waals surface area (Å²) < 4.78 is 0. The molecular weight excluding hydrogens is 200 g/mol. The Morgan fingerprint density at radius 3 is 1.25 bits per heavy atom. The van der Waals surface area contributed by atoms with Crippen LogP contribution in [0.5, 0.6) is 0 Å². The first-order chi connectivity index (χ1) is 7.58. The summed E-state index contributed by atoms with van der Waals surface area (Å²) >= 11 is 0. The normalized spacial score (nSPS) is 25.0. The van der Waals surface area contributed by atoms with E-state index in [1.165, 1.54) is 0 Å². The fraction of sp³-hybridized carbons (Fsp3) is 0.833. The number of likely N-dealkylation sites (N-methyl/N-ethyl adjacent to an activating group) is 4. The van der Waals surface area contributed by atoms with Crippen molar-refractivity contribution >= 4 is 0 Å². The van der Waals surface area contributed by atoms with E-state index in [1.54, 1.807) is 0 Å². The first-order valence-electron chi connectivity index (χ1n) is 6.04. The lowest BCUT2D eigenvalue weighted by Crippen LogP contribution is -2.37. The first kappa shape index (κ1) is 13.3. The largest absolute Gasteiger partial charge is 0.378 e. The van der Waals surface area contributed by atoms with Gasteiger partial charge in [0, 0.05) is 65.8 Å². The van der Waals surface area contributed by atoms with Crippen molar-refractivity contribution in [1.29, 1.82) is 0 Å². The molecule has 0 saturated heterocycles. The Morgan fingerprint density at radius 2 is 0.875 bits per heavy atom. The Balaban J connectivity index is 2.50. The summed E-state index contributed by atoms with van der Waals surface area (Å²) in [7, 11) is 8.67. The van der Waals surface area contributed by atoms with Crippen LogP contribution in [0, 0.1) is 0 Å². The molecule has 0 N–H and O–H groups in total. The first-order valence-corrected chi connectivity index (χ1v) is 6.04. The van der Waals surface area contributed by atoms with Gasteiger partial charge in [0.1, 0.15) is 0 Å². The smallest absolute Gasteiger partial charge is 0.0297 e. The van der Waals surface area contributed by atoms with E-state index in [-0.39, 0.29) is 0 Å². The molecule has 16 heavy (non-hydrogen) atoms. The van der Waals surface area contributed by atoms with E-state index in [0.717, 1.165) is 39.3 Å². The summed E-state index contributed by atoms with van der Waals surface area (Å²) in [5.41, 5.74) is 0. The molecular formula is C12H26N4. The zero-order valence-electron chi connectivity index (χ0n) is 11.2. The van der Waals surface area contributed by atoms with Crippen LogP contribution in [-0.2, 0) is 0 Å². The van der Waals surface area contributed by atoms with Crippen LogP contribution in [-0.4, -0.2) is 87.1 Å². The lowest BCUT2D eigenvalue weighted by atomic mass is 10.4. The maximum atomic E-state index is 2.40. The van der Waals surface area contributed by atoms with E-state index in [9.17, 15) is 0 Å². The van der Waals surface area contributed by atoms with E-state index >= 15 is 0 Å². The molecule has 0 bridgehead atoms. The lowest BCUT2D eigenvalue weighted by Gasteiger charge is -2.27. The van der Waals surface area contributed by atoms with Gasteiger partial charge in [0.05, 0.1) is 0 Å². The molecule has 0 saturated carbocycles. The molecule has 4 nitrogen and oxygen atoms in total. The van der Waals surface area contributed by atoms with Gasteiger partial charge in [-0.15, -0.1) is 0 Å². The quantitative estimate of drug-likeness (QED) is 0.585. The Bertz CT molecular complexity index is 195. The predicted octanol–water partition coefficient (Wildman–Crippen LogP) is 0.198. The highest BCUT2D eigenvalue weighted by atomic mass is 15.2. The number of rotatable bonds is 0. The van der Waals surface area contributed by atoms with Crippen molar-refractivity contribution in [3.8, 4) is 0 Å². The zero-order chi connectivity index (χ0) is 12.0. The molecule has 1 rings (SSSR count). The van der Waals surface area contributed by atoms with Crippen LogP contribution in [0.2, 0.25) is 0 Å². The molecule has 0 aromatic rings. The monoisotopic (exact) mass is 226 g/mol. The van der Waals surface area contributed by atoms with Crippen LogP contribution in [0.4, 0.5) is 0 Å². The van der Waals surface area contributed by atoms with Crippen molar-refractivity contribution in [3.05, 3.63) is 12.4 Å². The van der Waals surface area contributed by atoms with Gasteiger partial charge in [-0.2, -0.15) is 0 Å². The minimum absolute atomic E-state index is 1.09. The number of hydrogen-bond acceptors (Lipinski definition) is 4. The summed E-state index contributed by atoms with van der Waals surface area (Å²) in [4.78, 5) is 9.29. The fourth-order valence-corrected chi connectivity index (χ4v) is 1.60. The van der Waals surface area contributed by atoms with Gasteiger partial charge < -0.3 is 19.6 Å².